The maximum absolute atomic E-state index is 14.2. The smallest absolute Gasteiger partial charge is 0.144 e. The van der Waals surface area contributed by atoms with Crippen LogP contribution in [-0.2, 0) is 5.54 Å². The minimum atomic E-state index is -0.476. The molecular formula is C17H17FN2O. The first-order valence-corrected chi connectivity index (χ1v) is 6.85. The Bertz CT molecular complexity index is 815. The summed E-state index contributed by atoms with van der Waals surface area (Å²) in [5, 5.41) is 9.39. The molecule has 0 bridgehead atoms. The van der Waals surface area contributed by atoms with E-state index in [4.69, 9.17) is 0 Å². The number of nitrogens with zero attached hydrogens (tertiary/aromatic N) is 2. The zero-order valence-corrected chi connectivity index (χ0v) is 12.3. The average molecular weight is 284 g/mol. The van der Waals surface area contributed by atoms with Crippen molar-refractivity contribution >= 4 is 11.0 Å². The highest BCUT2D eigenvalue weighted by molar-refractivity contribution is 5.81. The van der Waals surface area contributed by atoms with Gasteiger partial charge in [0, 0.05) is 11.6 Å². The van der Waals surface area contributed by atoms with Crippen LogP contribution in [0, 0.1) is 5.82 Å². The van der Waals surface area contributed by atoms with E-state index in [9.17, 15) is 9.50 Å². The number of imidazole rings is 1. The highest BCUT2D eigenvalue weighted by Crippen LogP contribution is 2.33. The third-order valence-corrected chi connectivity index (χ3v) is 3.43. The molecule has 1 heterocycles. The number of halogens is 1. The van der Waals surface area contributed by atoms with Gasteiger partial charge in [0.15, 0.2) is 0 Å². The van der Waals surface area contributed by atoms with Crippen LogP contribution in [-0.4, -0.2) is 14.7 Å². The summed E-state index contributed by atoms with van der Waals surface area (Å²) < 4.78 is 16.2. The number of hydrogen-bond donors (Lipinski definition) is 1. The van der Waals surface area contributed by atoms with E-state index in [2.05, 4.69) is 25.8 Å². The minimum Gasteiger partial charge on any atom is -0.508 e. The van der Waals surface area contributed by atoms with E-state index in [0.29, 0.717) is 11.4 Å². The Balaban J connectivity index is 2.37. The molecule has 0 fully saturated rings. The molecule has 0 amide bonds. The highest BCUT2D eigenvalue weighted by Gasteiger charge is 2.23. The maximum atomic E-state index is 14.2. The Hall–Kier alpha value is -2.36. The topological polar surface area (TPSA) is 38.0 Å². The van der Waals surface area contributed by atoms with Crippen molar-refractivity contribution in [1.82, 2.24) is 9.55 Å². The number of phenolic OH excluding ortho intramolecular Hbond substituents is 1. The van der Waals surface area contributed by atoms with Crippen LogP contribution in [0.3, 0.4) is 0 Å². The van der Waals surface area contributed by atoms with Crippen molar-refractivity contribution < 1.29 is 9.50 Å². The Morgan fingerprint density at radius 1 is 1.10 bits per heavy atom. The molecule has 0 aliphatic heterocycles. The lowest BCUT2D eigenvalue weighted by Crippen LogP contribution is -2.22. The summed E-state index contributed by atoms with van der Waals surface area (Å²) in [7, 11) is 0. The van der Waals surface area contributed by atoms with Crippen LogP contribution in [0.25, 0.3) is 22.4 Å². The average Bonchev–Trinajstić information content (AvgIpc) is 2.77. The normalized spacial score (nSPS) is 12.0. The molecular weight excluding hydrogens is 267 g/mol. The summed E-state index contributed by atoms with van der Waals surface area (Å²) in [5.41, 5.74) is 1.94. The van der Waals surface area contributed by atoms with Crippen molar-refractivity contribution in [2.45, 2.75) is 26.3 Å². The first-order chi connectivity index (χ1) is 9.88. The van der Waals surface area contributed by atoms with E-state index < -0.39 is 5.82 Å². The largest absolute Gasteiger partial charge is 0.508 e. The summed E-state index contributed by atoms with van der Waals surface area (Å²) in [6, 6.07) is 11.9. The molecule has 4 heteroatoms. The SMILES string of the molecule is CC(C)(C)n1c(-c2ccc(O)cc2F)nc2ccccc21. The molecule has 3 nitrogen and oxygen atoms in total. The molecule has 3 aromatic rings. The zero-order valence-electron chi connectivity index (χ0n) is 12.3. The summed E-state index contributed by atoms with van der Waals surface area (Å²) in [5.74, 6) is 0.00618. The molecule has 21 heavy (non-hydrogen) atoms. The monoisotopic (exact) mass is 284 g/mol. The molecule has 0 atom stereocenters. The van der Waals surface area contributed by atoms with Crippen molar-refractivity contribution in [1.29, 1.82) is 0 Å². The fraction of sp³-hybridized carbons (Fsp3) is 0.235. The van der Waals surface area contributed by atoms with Gasteiger partial charge < -0.3 is 9.67 Å². The van der Waals surface area contributed by atoms with Crippen molar-refractivity contribution in [3.63, 3.8) is 0 Å². The first kappa shape index (κ1) is 13.6. The molecule has 0 radical (unpaired) electrons. The minimum absolute atomic E-state index is 0.0883. The van der Waals surface area contributed by atoms with Gasteiger partial charge in [-0.1, -0.05) is 12.1 Å². The number of aromatic hydroxyl groups is 1. The predicted molar refractivity (Wildman–Crippen MR) is 81.8 cm³/mol. The molecule has 1 N–H and O–H groups in total. The van der Waals surface area contributed by atoms with Crippen molar-refractivity contribution in [3.8, 4) is 17.1 Å². The molecule has 108 valence electrons. The molecule has 3 rings (SSSR count). The van der Waals surface area contributed by atoms with Gasteiger partial charge in [-0.05, 0) is 45.0 Å². The van der Waals surface area contributed by atoms with E-state index in [1.807, 2.05) is 28.8 Å². The third kappa shape index (κ3) is 2.27. The number of hydrogen-bond acceptors (Lipinski definition) is 2. The second kappa shape index (κ2) is 4.58. The fourth-order valence-corrected chi connectivity index (χ4v) is 2.57. The van der Waals surface area contributed by atoms with Crippen LogP contribution < -0.4 is 0 Å². The summed E-state index contributed by atoms with van der Waals surface area (Å²) in [6.45, 7) is 6.18. The Morgan fingerprint density at radius 2 is 1.81 bits per heavy atom. The quantitative estimate of drug-likeness (QED) is 0.723. The number of rotatable bonds is 1. The van der Waals surface area contributed by atoms with Gasteiger partial charge in [-0.15, -0.1) is 0 Å². The molecule has 0 saturated carbocycles. The van der Waals surface area contributed by atoms with E-state index in [0.717, 1.165) is 17.1 Å². The first-order valence-electron chi connectivity index (χ1n) is 6.85. The third-order valence-electron chi connectivity index (χ3n) is 3.43. The van der Waals surface area contributed by atoms with Gasteiger partial charge in [0.25, 0.3) is 0 Å². The van der Waals surface area contributed by atoms with E-state index in [1.165, 1.54) is 6.07 Å². The number of para-hydroxylation sites is 2. The zero-order chi connectivity index (χ0) is 15.2. The Labute approximate surface area is 122 Å². The van der Waals surface area contributed by atoms with Gasteiger partial charge in [-0.25, -0.2) is 9.37 Å². The molecule has 0 spiro atoms. The van der Waals surface area contributed by atoms with Gasteiger partial charge in [-0.2, -0.15) is 0 Å². The molecule has 0 saturated heterocycles. The van der Waals surface area contributed by atoms with Crippen LogP contribution in [0.4, 0.5) is 4.39 Å². The molecule has 2 aromatic carbocycles. The van der Waals surface area contributed by atoms with Crippen molar-refractivity contribution in [2.75, 3.05) is 0 Å². The van der Waals surface area contributed by atoms with E-state index in [-0.39, 0.29) is 11.3 Å². The number of fused-ring (bicyclic) bond motifs is 1. The second-order valence-electron chi connectivity index (χ2n) is 6.09. The second-order valence-corrected chi connectivity index (χ2v) is 6.09. The van der Waals surface area contributed by atoms with E-state index >= 15 is 0 Å². The fourth-order valence-electron chi connectivity index (χ4n) is 2.57. The summed E-state index contributed by atoms with van der Waals surface area (Å²) >= 11 is 0. The van der Waals surface area contributed by atoms with Gasteiger partial charge in [0.2, 0.25) is 0 Å². The standard InChI is InChI=1S/C17H17FN2O/c1-17(2,3)20-15-7-5-4-6-14(15)19-16(20)12-9-8-11(21)10-13(12)18/h4-10,21H,1-3H3. The number of phenols is 1. The van der Waals surface area contributed by atoms with Gasteiger partial charge in [-0.3, -0.25) is 0 Å². The van der Waals surface area contributed by atoms with Crippen LogP contribution in [0.15, 0.2) is 42.5 Å². The predicted octanol–water partition coefficient (Wildman–Crippen LogP) is 4.30. The van der Waals surface area contributed by atoms with Gasteiger partial charge in [0.05, 0.1) is 16.6 Å². The lowest BCUT2D eigenvalue weighted by molar-refractivity contribution is 0.412. The Morgan fingerprint density at radius 3 is 2.48 bits per heavy atom. The van der Waals surface area contributed by atoms with Gasteiger partial charge >= 0.3 is 0 Å². The van der Waals surface area contributed by atoms with Crippen molar-refractivity contribution in [3.05, 3.63) is 48.3 Å². The van der Waals surface area contributed by atoms with Gasteiger partial charge in [0.1, 0.15) is 17.4 Å². The number of aromatic nitrogens is 2. The molecule has 1 aromatic heterocycles. The lowest BCUT2D eigenvalue weighted by atomic mass is 10.1. The lowest BCUT2D eigenvalue weighted by Gasteiger charge is -2.24. The summed E-state index contributed by atoms with van der Waals surface area (Å²) in [4.78, 5) is 4.58. The van der Waals surface area contributed by atoms with Crippen LogP contribution >= 0.6 is 0 Å². The van der Waals surface area contributed by atoms with Crippen molar-refractivity contribution in [2.24, 2.45) is 0 Å². The van der Waals surface area contributed by atoms with E-state index in [1.54, 1.807) is 6.07 Å². The molecule has 0 unspecified atom stereocenters. The van der Waals surface area contributed by atoms with Crippen LogP contribution in [0.2, 0.25) is 0 Å². The van der Waals surface area contributed by atoms with Crippen LogP contribution in [0.5, 0.6) is 5.75 Å². The molecule has 0 aliphatic carbocycles. The summed E-state index contributed by atoms with van der Waals surface area (Å²) in [6.07, 6.45) is 0. The Kier molecular flexibility index (Phi) is 2.97. The molecule has 0 aliphatic rings. The van der Waals surface area contributed by atoms with Crippen LogP contribution in [0.1, 0.15) is 20.8 Å². The highest BCUT2D eigenvalue weighted by atomic mass is 19.1. The number of benzene rings is 2. The maximum Gasteiger partial charge on any atom is 0.144 e.